The maximum Gasteiger partial charge on any atom is 0.266 e. The van der Waals surface area contributed by atoms with Gasteiger partial charge in [0.25, 0.3) is 5.91 Å². The van der Waals surface area contributed by atoms with Crippen LogP contribution in [0, 0.1) is 0 Å². The van der Waals surface area contributed by atoms with E-state index in [1.54, 1.807) is 12.1 Å². The molecule has 0 bridgehead atoms. The lowest BCUT2D eigenvalue weighted by Crippen LogP contribution is -2.42. The molecule has 1 heterocycles. The third-order valence-corrected chi connectivity index (χ3v) is 1.13. The summed E-state index contributed by atoms with van der Waals surface area (Å²) in [4.78, 5) is 14.7. The zero-order valence-corrected chi connectivity index (χ0v) is 5.74. The highest BCUT2D eigenvalue weighted by atomic mass is 16.2. The summed E-state index contributed by atoms with van der Waals surface area (Å²) in [6.45, 7) is 0. The van der Waals surface area contributed by atoms with Crippen LogP contribution in [0.3, 0.4) is 0 Å². The number of hydrogen-bond acceptors (Lipinski definition) is 4. The molecular weight excluding hydrogens is 144 g/mol. The predicted molar refractivity (Wildman–Crippen MR) is 39.0 cm³/mol. The summed E-state index contributed by atoms with van der Waals surface area (Å²) in [5, 5.41) is 0. The number of carbonyl (C=O) groups is 1. The maximum atomic E-state index is 11.0. The molecule has 0 aliphatic heterocycles. The van der Waals surface area contributed by atoms with Crippen LogP contribution >= 0.6 is 0 Å². The van der Waals surface area contributed by atoms with Gasteiger partial charge in [-0.1, -0.05) is 0 Å². The van der Waals surface area contributed by atoms with Crippen LogP contribution in [0.1, 0.15) is 10.4 Å². The van der Waals surface area contributed by atoms with Crippen molar-refractivity contribution in [1.29, 1.82) is 0 Å². The quantitative estimate of drug-likeness (QED) is 0.382. The lowest BCUT2D eigenvalue weighted by atomic mass is 10.3. The first kappa shape index (κ1) is 7.64. The number of rotatable bonds is 2. The predicted octanol–water partition coefficient (Wildman–Crippen LogP) is -0.810. The van der Waals surface area contributed by atoms with E-state index in [0.717, 1.165) is 0 Å². The summed E-state index contributed by atoms with van der Waals surface area (Å²) < 4.78 is 0. The largest absolute Gasteiger partial charge is 0.274 e. The normalized spacial score (nSPS) is 9.18. The summed E-state index contributed by atoms with van der Waals surface area (Å²) in [5.74, 6) is 4.59. The Balaban J connectivity index is 2.69. The molecule has 0 unspecified atom stereocenters. The molecule has 0 atom stereocenters. The smallest absolute Gasteiger partial charge is 0.266 e. The van der Waals surface area contributed by atoms with Crippen LogP contribution in [0.25, 0.3) is 0 Å². The monoisotopic (exact) mass is 152 g/mol. The molecule has 4 N–H and O–H groups in total. The molecule has 5 heteroatoms. The molecule has 0 saturated carbocycles. The standard InChI is InChI=1S/C6H8N4O/c7-10-9-6(11)5-1-3-8-4-2-5/h1-4,10H,7H2,(H,9,11). The Kier molecular flexibility index (Phi) is 2.53. The lowest BCUT2D eigenvalue weighted by molar-refractivity contribution is 0.0933. The van der Waals surface area contributed by atoms with Crippen LogP contribution < -0.4 is 16.8 Å². The van der Waals surface area contributed by atoms with Gasteiger partial charge in [-0.3, -0.25) is 21.0 Å². The first-order valence-corrected chi connectivity index (χ1v) is 3.00. The van der Waals surface area contributed by atoms with Crippen molar-refractivity contribution in [3.8, 4) is 0 Å². The second kappa shape index (κ2) is 3.65. The van der Waals surface area contributed by atoms with E-state index in [-0.39, 0.29) is 5.91 Å². The Bertz CT molecular complexity index is 236. The van der Waals surface area contributed by atoms with Gasteiger partial charge in [0.05, 0.1) is 0 Å². The molecule has 0 aromatic carbocycles. The zero-order chi connectivity index (χ0) is 8.10. The molecule has 0 spiro atoms. The first-order valence-electron chi connectivity index (χ1n) is 3.00. The molecular formula is C6H8N4O. The second-order valence-corrected chi connectivity index (χ2v) is 1.83. The number of carbonyl (C=O) groups excluding carboxylic acids is 1. The van der Waals surface area contributed by atoms with E-state index in [1.165, 1.54) is 12.4 Å². The number of nitrogens with zero attached hydrogens (tertiary/aromatic N) is 1. The molecule has 1 aromatic rings. The summed E-state index contributed by atoms with van der Waals surface area (Å²) in [6.07, 6.45) is 3.07. The molecule has 1 amide bonds. The molecule has 0 saturated heterocycles. The van der Waals surface area contributed by atoms with Crippen LogP contribution in [-0.4, -0.2) is 10.9 Å². The fourth-order valence-corrected chi connectivity index (χ4v) is 0.641. The van der Waals surface area contributed by atoms with Crippen LogP contribution in [0.2, 0.25) is 0 Å². The number of amides is 1. The Labute approximate surface area is 63.6 Å². The van der Waals surface area contributed by atoms with Crippen molar-refractivity contribution in [2.75, 3.05) is 0 Å². The highest BCUT2D eigenvalue weighted by Crippen LogP contribution is 1.93. The molecule has 0 fully saturated rings. The lowest BCUT2D eigenvalue weighted by Gasteiger charge is -2.00. The van der Waals surface area contributed by atoms with Crippen molar-refractivity contribution < 1.29 is 4.79 Å². The van der Waals surface area contributed by atoms with Crippen molar-refractivity contribution in [3.05, 3.63) is 30.1 Å². The highest BCUT2D eigenvalue weighted by molar-refractivity contribution is 5.93. The molecule has 58 valence electrons. The summed E-state index contributed by atoms with van der Waals surface area (Å²) in [7, 11) is 0. The van der Waals surface area contributed by atoms with E-state index in [1.807, 2.05) is 5.53 Å². The van der Waals surface area contributed by atoms with Gasteiger partial charge in [0.2, 0.25) is 0 Å². The van der Waals surface area contributed by atoms with Gasteiger partial charge >= 0.3 is 0 Å². The van der Waals surface area contributed by atoms with Crippen molar-refractivity contribution in [2.45, 2.75) is 0 Å². The topological polar surface area (TPSA) is 80.0 Å². The minimum absolute atomic E-state index is 0.282. The Hall–Kier alpha value is -1.46. The zero-order valence-electron chi connectivity index (χ0n) is 5.74. The minimum Gasteiger partial charge on any atom is -0.274 e. The molecule has 5 nitrogen and oxygen atoms in total. The number of pyridine rings is 1. The van der Waals surface area contributed by atoms with Crippen molar-refractivity contribution in [2.24, 2.45) is 5.84 Å². The fraction of sp³-hybridized carbons (Fsp3) is 0. The van der Waals surface area contributed by atoms with Crippen LogP contribution in [0.4, 0.5) is 0 Å². The highest BCUT2D eigenvalue weighted by Gasteiger charge is 2.00. The fourth-order valence-electron chi connectivity index (χ4n) is 0.641. The SMILES string of the molecule is NNNC(=O)c1ccncc1. The van der Waals surface area contributed by atoms with Gasteiger partial charge in [0, 0.05) is 18.0 Å². The first-order chi connectivity index (χ1) is 5.34. The number of aromatic nitrogens is 1. The van der Waals surface area contributed by atoms with Gasteiger partial charge in [0.15, 0.2) is 0 Å². The molecule has 1 aromatic heterocycles. The average molecular weight is 152 g/mol. The summed E-state index contributed by atoms with van der Waals surface area (Å²) >= 11 is 0. The minimum atomic E-state index is -0.282. The summed E-state index contributed by atoms with van der Waals surface area (Å²) in [5.41, 5.74) is 4.78. The summed E-state index contributed by atoms with van der Waals surface area (Å²) in [6, 6.07) is 3.18. The van der Waals surface area contributed by atoms with Gasteiger partial charge in [-0.25, -0.2) is 0 Å². The number of hydrazine groups is 2. The Morgan fingerprint density at radius 1 is 1.45 bits per heavy atom. The average Bonchev–Trinajstić information content (AvgIpc) is 2.07. The molecule has 0 radical (unpaired) electrons. The van der Waals surface area contributed by atoms with Gasteiger partial charge in [-0.15, -0.1) is 0 Å². The van der Waals surface area contributed by atoms with E-state index in [4.69, 9.17) is 5.84 Å². The van der Waals surface area contributed by atoms with Gasteiger partial charge < -0.3 is 0 Å². The van der Waals surface area contributed by atoms with E-state index >= 15 is 0 Å². The van der Waals surface area contributed by atoms with Gasteiger partial charge in [0.1, 0.15) is 0 Å². The van der Waals surface area contributed by atoms with E-state index in [0.29, 0.717) is 5.56 Å². The van der Waals surface area contributed by atoms with Gasteiger partial charge in [-0.2, -0.15) is 5.53 Å². The Morgan fingerprint density at radius 3 is 2.64 bits per heavy atom. The van der Waals surface area contributed by atoms with Crippen molar-refractivity contribution >= 4 is 5.91 Å². The van der Waals surface area contributed by atoms with E-state index in [2.05, 4.69) is 10.4 Å². The molecule has 0 aliphatic rings. The van der Waals surface area contributed by atoms with Crippen LogP contribution in [-0.2, 0) is 0 Å². The van der Waals surface area contributed by atoms with Gasteiger partial charge in [-0.05, 0) is 12.1 Å². The van der Waals surface area contributed by atoms with Crippen LogP contribution in [0.5, 0.6) is 0 Å². The van der Waals surface area contributed by atoms with Crippen molar-refractivity contribution in [1.82, 2.24) is 15.9 Å². The van der Waals surface area contributed by atoms with Crippen molar-refractivity contribution in [3.63, 3.8) is 0 Å². The number of hydrogen-bond donors (Lipinski definition) is 3. The van der Waals surface area contributed by atoms with E-state index in [9.17, 15) is 4.79 Å². The maximum absolute atomic E-state index is 11.0. The third-order valence-electron chi connectivity index (χ3n) is 1.13. The third kappa shape index (κ3) is 1.99. The van der Waals surface area contributed by atoms with Crippen LogP contribution in [0.15, 0.2) is 24.5 Å². The number of nitrogens with one attached hydrogen (secondary N) is 2. The molecule has 0 aliphatic carbocycles. The number of nitrogens with two attached hydrogens (primary N) is 1. The molecule has 11 heavy (non-hydrogen) atoms. The van der Waals surface area contributed by atoms with E-state index < -0.39 is 0 Å². The molecule has 1 rings (SSSR count). The second-order valence-electron chi connectivity index (χ2n) is 1.83. The Morgan fingerprint density at radius 2 is 2.09 bits per heavy atom.